The van der Waals surface area contributed by atoms with Crippen molar-refractivity contribution < 1.29 is 5.11 Å². The number of phenols is 1. The predicted molar refractivity (Wildman–Crippen MR) is 42.5 cm³/mol. The smallest absolute Gasteiger partial charge is 0.173 e. The molecule has 0 aliphatic rings. The van der Waals surface area contributed by atoms with Gasteiger partial charge < -0.3 is 5.11 Å². The Morgan fingerprint density at radius 3 is 3.08 bits per heavy atom. The van der Waals surface area contributed by atoms with Gasteiger partial charge in [-0.15, -0.1) is 0 Å². The molecule has 0 saturated heterocycles. The zero-order chi connectivity index (χ0) is 8.55. The summed E-state index contributed by atoms with van der Waals surface area (Å²) < 4.78 is 0. The van der Waals surface area contributed by atoms with Crippen LogP contribution in [0.4, 0.5) is 0 Å². The van der Waals surface area contributed by atoms with Crippen molar-refractivity contribution in [2.75, 3.05) is 0 Å². The van der Waals surface area contributed by atoms with Gasteiger partial charge in [0.1, 0.15) is 11.8 Å². The molecule has 0 radical (unpaired) electrons. The van der Waals surface area contributed by atoms with Crippen LogP contribution in [0.3, 0.4) is 0 Å². The van der Waals surface area contributed by atoms with Gasteiger partial charge in [-0.3, -0.25) is 5.10 Å². The highest BCUT2D eigenvalue weighted by Crippen LogP contribution is 2.24. The second-order valence-electron chi connectivity index (χ2n) is 2.38. The molecule has 2 rings (SSSR count). The highest BCUT2D eigenvalue weighted by Gasteiger charge is 2.07. The number of nitrogens with zero attached hydrogens (tertiary/aromatic N) is 2. The van der Waals surface area contributed by atoms with Crippen molar-refractivity contribution in [3.05, 3.63) is 23.9 Å². The van der Waals surface area contributed by atoms with Crippen molar-refractivity contribution in [1.82, 2.24) is 10.2 Å². The number of hydrogen-bond acceptors (Lipinski definition) is 3. The molecule has 0 fully saturated rings. The molecule has 4 nitrogen and oxygen atoms in total. The first kappa shape index (κ1) is 6.68. The predicted octanol–water partition coefficient (Wildman–Crippen LogP) is 1.14. The maximum atomic E-state index is 9.36. The van der Waals surface area contributed by atoms with Crippen LogP contribution in [-0.2, 0) is 0 Å². The largest absolute Gasteiger partial charge is 0.507 e. The minimum absolute atomic E-state index is 0.0813. The van der Waals surface area contributed by atoms with Crippen LogP contribution < -0.4 is 0 Å². The van der Waals surface area contributed by atoms with Crippen LogP contribution in [-0.4, -0.2) is 15.3 Å². The third-order valence-corrected chi connectivity index (χ3v) is 1.67. The van der Waals surface area contributed by atoms with Gasteiger partial charge in [0.15, 0.2) is 5.69 Å². The molecule has 1 aromatic heterocycles. The lowest BCUT2D eigenvalue weighted by molar-refractivity contribution is 0.481. The Morgan fingerprint density at radius 2 is 2.33 bits per heavy atom. The molecule has 0 atom stereocenters. The van der Waals surface area contributed by atoms with E-state index in [4.69, 9.17) is 5.26 Å². The molecule has 0 bridgehead atoms. The summed E-state index contributed by atoms with van der Waals surface area (Å²) in [5, 5.41) is 24.8. The Hall–Kier alpha value is -2.02. The van der Waals surface area contributed by atoms with Crippen molar-refractivity contribution in [1.29, 1.82) is 5.26 Å². The van der Waals surface area contributed by atoms with E-state index in [1.807, 2.05) is 6.07 Å². The van der Waals surface area contributed by atoms with E-state index in [1.165, 1.54) is 6.07 Å². The summed E-state index contributed by atoms with van der Waals surface area (Å²) in [6, 6.07) is 6.86. The fourth-order valence-corrected chi connectivity index (χ4v) is 1.14. The topological polar surface area (TPSA) is 72.7 Å². The quantitative estimate of drug-likeness (QED) is 0.605. The van der Waals surface area contributed by atoms with Crippen LogP contribution in [0, 0.1) is 11.3 Å². The van der Waals surface area contributed by atoms with Gasteiger partial charge in [0.2, 0.25) is 0 Å². The average Bonchev–Trinajstić information content (AvgIpc) is 2.49. The first-order valence-corrected chi connectivity index (χ1v) is 3.39. The summed E-state index contributed by atoms with van der Waals surface area (Å²) in [5.41, 5.74) is 0.898. The number of phenolic OH excluding ortho intramolecular Hbond substituents is 1. The normalized spacial score (nSPS) is 9.92. The molecule has 0 aliphatic carbocycles. The van der Waals surface area contributed by atoms with Gasteiger partial charge in [-0.25, -0.2) is 0 Å². The minimum atomic E-state index is 0.0813. The van der Waals surface area contributed by atoms with Crippen molar-refractivity contribution in [2.45, 2.75) is 0 Å². The summed E-state index contributed by atoms with van der Waals surface area (Å²) in [5.74, 6) is 0.0813. The van der Waals surface area contributed by atoms with E-state index in [9.17, 15) is 5.11 Å². The summed E-state index contributed by atoms with van der Waals surface area (Å²) >= 11 is 0. The number of aromatic nitrogens is 2. The SMILES string of the molecule is N#Cc1n[nH]c2cccc(O)c12. The Bertz CT molecular complexity index is 467. The highest BCUT2D eigenvalue weighted by atomic mass is 16.3. The van der Waals surface area contributed by atoms with Crippen molar-refractivity contribution in [2.24, 2.45) is 0 Å². The molecule has 4 heteroatoms. The van der Waals surface area contributed by atoms with Crippen LogP contribution in [0.1, 0.15) is 5.69 Å². The fourth-order valence-electron chi connectivity index (χ4n) is 1.14. The number of benzene rings is 1. The van der Waals surface area contributed by atoms with Gasteiger partial charge in [0.05, 0.1) is 10.9 Å². The number of H-pyrrole nitrogens is 1. The number of nitriles is 1. The summed E-state index contributed by atoms with van der Waals surface area (Å²) in [4.78, 5) is 0. The van der Waals surface area contributed by atoms with E-state index < -0.39 is 0 Å². The molecule has 0 amide bonds. The molecular weight excluding hydrogens is 154 g/mol. The number of aromatic hydroxyl groups is 1. The fraction of sp³-hybridized carbons (Fsp3) is 0. The van der Waals surface area contributed by atoms with Crippen LogP contribution in [0.2, 0.25) is 0 Å². The molecule has 2 aromatic rings. The van der Waals surface area contributed by atoms with Gasteiger partial charge in [-0.05, 0) is 12.1 Å². The maximum Gasteiger partial charge on any atom is 0.173 e. The number of aromatic amines is 1. The first-order valence-electron chi connectivity index (χ1n) is 3.39. The summed E-state index contributed by atoms with van der Waals surface area (Å²) in [7, 11) is 0. The maximum absolute atomic E-state index is 9.36. The lowest BCUT2D eigenvalue weighted by Crippen LogP contribution is -1.73. The van der Waals surface area contributed by atoms with Crippen LogP contribution in [0.15, 0.2) is 18.2 Å². The molecule has 0 spiro atoms. The van der Waals surface area contributed by atoms with E-state index in [0.717, 1.165) is 0 Å². The number of nitrogens with one attached hydrogen (secondary N) is 1. The Balaban J connectivity index is 2.95. The van der Waals surface area contributed by atoms with Crippen LogP contribution >= 0.6 is 0 Å². The monoisotopic (exact) mass is 159 g/mol. The molecular formula is C8H5N3O. The Kier molecular flexibility index (Phi) is 1.25. The van der Waals surface area contributed by atoms with E-state index in [1.54, 1.807) is 12.1 Å². The van der Waals surface area contributed by atoms with Gasteiger partial charge in [-0.2, -0.15) is 10.4 Å². The third kappa shape index (κ3) is 0.736. The highest BCUT2D eigenvalue weighted by molar-refractivity contribution is 5.89. The number of fused-ring (bicyclic) bond motifs is 1. The molecule has 0 unspecified atom stereocenters. The molecule has 58 valence electrons. The Morgan fingerprint density at radius 1 is 1.50 bits per heavy atom. The van der Waals surface area contributed by atoms with Crippen LogP contribution in [0.5, 0.6) is 5.75 Å². The lowest BCUT2D eigenvalue weighted by atomic mass is 10.2. The minimum Gasteiger partial charge on any atom is -0.507 e. The van der Waals surface area contributed by atoms with E-state index >= 15 is 0 Å². The molecule has 1 aromatic carbocycles. The summed E-state index contributed by atoms with van der Waals surface area (Å²) in [6.45, 7) is 0. The number of rotatable bonds is 0. The first-order chi connectivity index (χ1) is 5.83. The second kappa shape index (κ2) is 2.24. The van der Waals surface area contributed by atoms with E-state index in [0.29, 0.717) is 10.9 Å². The average molecular weight is 159 g/mol. The van der Waals surface area contributed by atoms with Crippen LogP contribution in [0.25, 0.3) is 10.9 Å². The third-order valence-electron chi connectivity index (χ3n) is 1.67. The second-order valence-corrected chi connectivity index (χ2v) is 2.38. The molecule has 1 heterocycles. The van der Waals surface area contributed by atoms with Crippen molar-refractivity contribution in [3.8, 4) is 11.8 Å². The van der Waals surface area contributed by atoms with Gasteiger partial charge in [0, 0.05) is 0 Å². The van der Waals surface area contributed by atoms with Gasteiger partial charge in [0.25, 0.3) is 0 Å². The molecule has 0 saturated carbocycles. The molecule has 2 N–H and O–H groups in total. The van der Waals surface area contributed by atoms with Gasteiger partial charge >= 0.3 is 0 Å². The standard InChI is InChI=1S/C8H5N3O/c9-4-6-8-5(10-11-6)2-1-3-7(8)12/h1-3,12H,(H,10,11). The van der Waals surface area contributed by atoms with Crippen molar-refractivity contribution >= 4 is 10.9 Å². The van der Waals surface area contributed by atoms with Crippen molar-refractivity contribution in [3.63, 3.8) is 0 Å². The summed E-state index contributed by atoms with van der Waals surface area (Å²) in [6.07, 6.45) is 0. The van der Waals surface area contributed by atoms with Gasteiger partial charge in [-0.1, -0.05) is 6.07 Å². The molecule has 12 heavy (non-hydrogen) atoms. The lowest BCUT2D eigenvalue weighted by Gasteiger charge is -1.91. The Labute approximate surface area is 68.1 Å². The van der Waals surface area contributed by atoms with E-state index in [-0.39, 0.29) is 11.4 Å². The zero-order valence-electron chi connectivity index (χ0n) is 6.07. The van der Waals surface area contributed by atoms with E-state index in [2.05, 4.69) is 10.2 Å². The number of hydrogen-bond donors (Lipinski definition) is 2. The zero-order valence-corrected chi connectivity index (χ0v) is 6.07. The molecule has 0 aliphatic heterocycles.